The molecule has 2 fully saturated rings. The molecular weight excluding hydrogens is 330 g/mol. The van der Waals surface area contributed by atoms with E-state index in [2.05, 4.69) is 5.32 Å². The predicted octanol–water partition coefficient (Wildman–Crippen LogP) is 2.49. The molecule has 1 heterocycles. The maximum absolute atomic E-state index is 13.1. The summed E-state index contributed by atoms with van der Waals surface area (Å²) in [6.07, 6.45) is 3.61. The van der Waals surface area contributed by atoms with E-state index >= 15 is 0 Å². The van der Waals surface area contributed by atoms with Gasteiger partial charge in [0.2, 0.25) is 5.91 Å². The normalized spacial score (nSPS) is 22.5. The van der Waals surface area contributed by atoms with Crippen molar-refractivity contribution >= 4 is 17.8 Å². The number of hydrogen-bond acceptors (Lipinski definition) is 3. The van der Waals surface area contributed by atoms with Crippen LogP contribution in [0.3, 0.4) is 0 Å². The lowest BCUT2D eigenvalue weighted by molar-refractivity contribution is -0.139. The molecule has 26 heavy (non-hydrogen) atoms. The van der Waals surface area contributed by atoms with E-state index in [4.69, 9.17) is 0 Å². The van der Waals surface area contributed by atoms with Crippen molar-refractivity contribution < 1.29 is 14.4 Å². The number of imide groups is 1. The fraction of sp³-hybridized carbons (Fsp3) is 0.550. The van der Waals surface area contributed by atoms with Crippen LogP contribution in [0.25, 0.3) is 0 Å². The highest BCUT2D eigenvalue weighted by Crippen LogP contribution is 2.33. The average Bonchev–Trinajstić information content (AvgIpc) is 3.44. The van der Waals surface area contributed by atoms with Crippen molar-refractivity contribution in [1.82, 2.24) is 15.1 Å². The summed E-state index contributed by atoms with van der Waals surface area (Å²) >= 11 is 0. The van der Waals surface area contributed by atoms with Gasteiger partial charge in [0.15, 0.2) is 0 Å². The maximum atomic E-state index is 13.1. The third-order valence-corrected chi connectivity index (χ3v) is 5.29. The van der Waals surface area contributed by atoms with Gasteiger partial charge in [-0.1, -0.05) is 44.2 Å². The van der Waals surface area contributed by atoms with E-state index in [1.54, 1.807) is 4.90 Å². The van der Waals surface area contributed by atoms with Gasteiger partial charge < -0.3 is 10.2 Å². The molecule has 1 saturated carbocycles. The Morgan fingerprint density at radius 1 is 1.23 bits per heavy atom. The van der Waals surface area contributed by atoms with E-state index in [1.165, 1.54) is 0 Å². The van der Waals surface area contributed by atoms with Crippen molar-refractivity contribution in [3.8, 4) is 0 Å². The number of benzene rings is 1. The topological polar surface area (TPSA) is 69.7 Å². The van der Waals surface area contributed by atoms with Crippen LogP contribution in [0.15, 0.2) is 30.3 Å². The number of amides is 4. The van der Waals surface area contributed by atoms with Crippen LogP contribution in [0.4, 0.5) is 4.79 Å². The van der Waals surface area contributed by atoms with Crippen molar-refractivity contribution in [1.29, 1.82) is 0 Å². The second kappa shape index (κ2) is 7.48. The number of nitrogens with one attached hydrogen (secondary N) is 1. The first-order chi connectivity index (χ1) is 12.5. The van der Waals surface area contributed by atoms with Gasteiger partial charge in [0, 0.05) is 13.1 Å². The van der Waals surface area contributed by atoms with Gasteiger partial charge in [0.1, 0.15) is 12.1 Å². The van der Waals surface area contributed by atoms with Gasteiger partial charge in [0.25, 0.3) is 5.91 Å². The van der Waals surface area contributed by atoms with Crippen molar-refractivity contribution in [2.24, 2.45) is 5.92 Å². The Morgan fingerprint density at radius 3 is 2.50 bits per heavy atom. The quantitative estimate of drug-likeness (QED) is 0.727. The Kier molecular flexibility index (Phi) is 5.30. The molecule has 1 aromatic rings. The fourth-order valence-electron chi connectivity index (χ4n) is 3.57. The van der Waals surface area contributed by atoms with E-state index in [0.29, 0.717) is 18.9 Å². The zero-order chi connectivity index (χ0) is 18.7. The first kappa shape index (κ1) is 18.4. The summed E-state index contributed by atoms with van der Waals surface area (Å²) in [4.78, 5) is 41.2. The molecule has 0 radical (unpaired) electrons. The fourth-order valence-corrected chi connectivity index (χ4v) is 3.57. The molecule has 0 aromatic heterocycles. The van der Waals surface area contributed by atoms with Crippen molar-refractivity contribution in [2.75, 3.05) is 19.6 Å². The molecule has 140 valence electrons. The van der Waals surface area contributed by atoms with Crippen molar-refractivity contribution in [2.45, 2.75) is 45.1 Å². The summed E-state index contributed by atoms with van der Waals surface area (Å²) in [7, 11) is 0. The van der Waals surface area contributed by atoms with Crippen LogP contribution >= 0.6 is 0 Å². The van der Waals surface area contributed by atoms with Crippen LogP contribution < -0.4 is 5.32 Å². The lowest BCUT2D eigenvalue weighted by Crippen LogP contribution is -2.46. The summed E-state index contributed by atoms with van der Waals surface area (Å²) in [6.45, 7) is 5.10. The summed E-state index contributed by atoms with van der Waals surface area (Å²) in [5, 5.41) is 2.83. The number of rotatable bonds is 8. The zero-order valence-electron chi connectivity index (χ0n) is 15.5. The van der Waals surface area contributed by atoms with E-state index in [0.717, 1.165) is 36.3 Å². The Bertz CT molecular complexity index is 687. The van der Waals surface area contributed by atoms with Crippen molar-refractivity contribution in [3.05, 3.63) is 35.9 Å². The van der Waals surface area contributed by atoms with Crippen LogP contribution in [0.2, 0.25) is 0 Å². The van der Waals surface area contributed by atoms with Gasteiger partial charge in [-0.05, 0) is 37.2 Å². The van der Waals surface area contributed by atoms with E-state index in [1.807, 2.05) is 44.2 Å². The molecule has 1 atom stereocenters. The van der Waals surface area contributed by atoms with Gasteiger partial charge in [-0.25, -0.2) is 4.79 Å². The molecule has 1 aliphatic carbocycles. The molecule has 4 amide bonds. The molecule has 1 aliphatic heterocycles. The molecule has 2 aliphatic rings. The average molecular weight is 357 g/mol. The smallest absolute Gasteiger partial charge is 0.325 e. The summed E-state index contributed by atoms with van der Waals surface area (Å²) in [6, 6.07) is 8.75. The number of nitrogens with zero attached hydrogens (tertiary/aromatic N) is 2. The van der Waals surface area contributed by atoms with Crippen LogP contribution in [0, 0.1) is 5.92 Å². The van der Waals surface area contributed by atoms with Gasteiger partial charge in [-0.2, -0.15) is 0 Å². The minimum absolute atomic E-state index is 0.151. The second-order valence-electron chi connectivity index (χ2n) is 7.23. The van der Waals surface area contributed by atoms with Gasteiger partial charge >= 0.3 is 6.03 Å². The minimum atomic E-state index is -1.08. The Labute approximate surface area is 154 Å². The largest absolute Gasteiger partial charge is 0.341 e. The molecule has 1 saturated heterocycles. The predicted molar refractivity (Wildman–Crippen MR) is 98.3 cm³/mol. The Morgan fingerprint density at radius 2 is 1.92 bits per heavy atom. The molecule has 6 nitrogen and oxygen atoms in total. The van der Waals surface area contributed by atoms with Crippen molar-refractivity contribution in [3.63, 3.8) is 0 Å². The van der Waals surface area contributed by atoms with E-state index in [-0.39, 0.29) is 18.4 Å². The molecule has 1 unspecified atom stereocenters. The van der Waals surface area contributed by atoms with E-state index in [9.17, 15) is 14.4 Å². The van der Waals surface area contributed by atoms with Gasteiger partial charge in [0.05, 0.1) is 0 Å². The zero-order valence-corrected chi connectivity index (χ0v) is 15.5. The third-order valence-electron chi connectivity index (χ3n) is 5.29. The highest BCUT2D eigenvalue weighted by molar-refractivity contribution is 6.09. The summed E-state index contributed by atoms with van der Waals surface area (Å²) in [5.74, 6) is 0.0855. The molecule has 0 bridgehead atoms. The molecule has 3 rings (SSSR count). The maximum Gasteiger partial charge on any atom is 0.325 e. The minimum Gasteiger partial charge on any atom is -0.341 e. The Hall–Kier alpha value is -2.37. The summed E-state index contributed by atoms with van der Waals surface area (Å²) in [5.41, 5.74) is -0.329. The van der Waals surface area contributed by atoms with Crippen LogP contribution in [0.1, 0.15) is 45.1 Å². The van der Waals surface area contributed by atoms with Gasteiger partial charge in [-0.15, -0.1) is 0 Å². The van der Waals surface area contributed by atoms with Crippen LogP contribution in [-0.2, 0) is 15.1 Å². The lowest BCUT2D eigenvalue weighted by Gasteiger charge is -2.27. The second-order valence-corrected chi connectivity index (χ2v) is 7.23. The standard InChI is InChI=1S/C20H27N3O3/c1-3-12-22(13-15-10-11-15)17(24)14-23-18(25)20(4-2,21-19(23)26)16-8-6-5-7-9-16/h5-9,15H,3-4,10-14H2,1-2H3,(H,21,26). The number of carbonyl (C=O) groups is 3. The monoisotopic (exact) mass is 357 g/mol. The highest BCUT2D eigenvalue weighted by atomic mass is 16.2. The first-order valence-electron chi connectivity index (χ1n) is 9.49. The lowest BCUT2D eigenvalue weighted by atomic mass is 9.87. The molecule has 0 spiro atoms. The number of hydrogen-bond donors (Lipinski definition) is 1. The first-order valence-corrected chi connectivity index (χ1v) is 9.49. The van der Waals surface area contributed by atoms with Crippen LogP contribution in [0.5, 0.6) is 0 Å². The summed E-state index contributed by atoms with van der Waals surface area (Å²) < 4.78 is 0. The molecule has 6 heteroatoms. The highest BCUT2D eigenvalue weighted by Gasteiger charge is 2.51. The third kappa shape index (κ3) is 3.45. The molecular formula is C20H27N3O3. The Balaban J connectivity index is 1.76. The molecule has 1 aromatic carbocycles. The number of urea groups is 1. The van der Waals surface area contributed by atoms with Gasteiger partial charge in [-0.3, -0.25) is 14.5 Å². The number of carbonyl (C=O) groups excluding carboxylic acids is 3. The van der Waals surface area contributed by atoms with Crippen LogP contribution in [-0.4, -0.2) is 47.3 Å². The molecule has 1 N–H and O–H groups in total. The van der Waals surface area contributed by atoms with E-state index < -0.39 is 11.6 Å². The SMILES string of the molecule is CCCN(CC1CC1)C(=O)CN1C(=O)NC(CC)(c2ccccc2)C1=O.